The van der Waals surface area contributed by atoms with Crippen LogP contribution >= 0.6 is 11.3 Å². The number of aryl methyl sites for hydroxylation is 2. The summed E-state index contributed by atoms with van der Waals surface area (Å²) in [6.45, 7) is 3.81. The van der Waals surface area contributed by atoms with E-state index in [-0.39, 0.29) is 18.8 Å². The second-order valence-corrected chi connectivity index (χ2v) is 6.05. The molecule has 22 heavy (non-hydrogen) atoms. The van der Waals surface area contributed by atoms with Gasteiger partial charge in [-0.05, 0) is 51.2 Å². The lowest BCUT2D eigenvalue weighted by Crippen LogP contribution is -2.19. The third kappa shape index (κ3) is 4.10. The predicted molar refractivity (Wildman–Crippen MR) is 85.9 cm³/mol. The van der Waals surface area contributed by atoms with Crippen molar-refractivity contribution in [2.45, 2.75) is 39.5 Å². The number of fused-ring (bicyclic) bond motifs is 1. The Labute approximate surface area is 134 Å². The van der Waals surface area contributed by atoms with Crippen molar-refractivity contribution in [2.75, 3.05) is 18.5 Å². The Bertz CT molecular complexity index is 533. The molecule has 0 amide bonds. The Morgan fingerprint density at radius 2 is 1.82 bits per heavy atom. The van der Waals surface area contributed by atoms with Gasteiger partial charge in [0.05, 0.1) is 18.2 Å². The first-order valence-electron chi connectivity index (χ1n) is 7.58. The molecule has 6 heteroatoms. The molecule has 0 fully saturated rings. The normalized spacial score (nSPS) is 13.0. The summed E-state index contributed by atoms with van der Waals surface area (Å²) in [5.41, 5.74) is 1.25. The van der Waals surface area contributed by atoms with Crippen molar-refractivity contribution >= 4 is 28.3 Å². The number of esters is 2. The first-order valence-corrected chi connectivity index (χ1v) is 8.39. The Morgan fingerprint density at radius 1 is 1.18 bits per heavy atom. The largest absolute Gasteiger partial charge is 0.462 e. The molecule has 1 heterocycles. The molecule has 1 aliphatic carbocycles. The first-order chi connectivity index (χ1) is 10.7. The van der Waals surface area contributed by atoms with Gasteiger partial charge < -0.3 is 14.8 Å². The van der Waals surface area contributed by atoms with E-state index in [9.17, 15) is 9.59 Å². The van der Waals surface area contributed by atoms with Crippen LogP contribution in [0.4, 0.5) is 5.00 Å². The summed E-state index contributed by atoms with van der Waals surface area (Å²) in [4.78, 5) is 25.1. The number of rotatable bonds is 6. The number of thiophene rings is 1. The summed E-state index contributed by atoms with van der Waals surface area (Å²) in [5, 5.41) is 3.96. The van der Waals surface area contributed by atoms with Crippen molar-refractivity contribution in [1.29, 1.82) is 0 Å². The van der Waals surface area contributed by atoms with E-state index in [1.165, 1.54) is 29.5 Å². The Kier molecular flexibility index (Phi) is 6.00. The van der Waals surface area contributed by atoms with Crippen molar-refractivity contribution in [3.63, 3.8) is 0 Å². The smallest absolute Gasteiger partial charge is 0.347 e. The van der Waals surface area contributed by atoms with Crippen molar-refractivity contribution in [3.05, 3.63) is 28.3 Å². The van der Waals surface area contributed by atoms with Crippen LogP contribution in [0.5, 0.6) is 0 Å². The SMILES string of the molecule is CCOC(=O)C(=CNc1cc2c(s1)CCCC2)C(=O)OCC. The van der Waals surface area contributed by atoms with Crippen molar-refractivity contribution < 1.29 is 19.1 Å². The van der Waals surface area contributed by atoms with Crippen molar-refractivity contribution in [1.82, 2.24) is 0 Å². The zero-order valence-corrected chi connectivity index (χ0v) is 13.8. The van der Waals surface area contributed by atoms with E-state index in [0.29, 0.717) is 0 Å². The number of nitrogens with one attached hydrogen (secondary N) is 1. The third-order valence-corrected chi connectivity index (χ3v) is 4.51. The summed E-state index contributed by atoms with van der Waals surface area (Å²) in [5.74, 6) is -1.34. The Balaban J connectivity index is 2.12. The van der Waals surface area contributed by atoms with Crippen LogP contribution in [0.3, 0.4) is 0 Å². The van der Waals surface area contributed by atoms with Gasteiger partial charge in [-0.15, -0.1) is 11.3 Å². The quantitative estimate of drug-likeness (QED) is 0.377. The molecule has 0 saturated heterocycles. The molecule has 1 N–H and O–H groups in total. The molecule has 0 atom stereocenters. The van der Waals surface area contributed by atoms with Crippen molar-refractivity contribution in [2.24, 2.45) is 0 Å². The van der Waals surface area contributed by atoms with Crippen LogP contribution < -0.4 is 5.32 Å². The fourth-order valence-corrected chi connectivity index (χ4v) is 3.45. The average Bonchev–Trinajstić information content (AvgIpc) is 2.90. The van der Waals surface area contributed by atoms with E-state index in [2.05, 4.69) is 11.4 Å². The summed E-state index contributed by atoms with van der Waals surface area (Å²) in [6, 6.07) is 2.09. The topological polar surface area (TPSA) is 64.6 Å². The molecular formula is C16H21NO4S. The molecule has 0 bridgehead atoms. The van der Waals surface area contributed by atoms with Crippen LogP contribution in [0.2, 0.25) is 0 Å². The van der Waals surface area contributed by atoms with Crippen LogP contribution in [0.1, 0.15) is 37.1 Å². The minimum Gasteiger partial charge on any atom is -0.462 e. The number of carbonyl (C=O) groups is 2. The van der Waals surface area contributed by atoms with Gasteiger partial charge in [0.1, 0.15) is 0 Å². The maximum Gasteiger partial charge on any atom is 0.347 e. The molecule has 1 aromatic rings. The number of hydrogen-bond donors (Lipinski definition) is 1. The molecule has 2 rings (SSSR count). The molecule has 120 valence electrons. The minimum absolute atomic E-state index is 0.116. The molecule has 0 saturated carbocycles. The zero-order chi connectivity index (χ0) is 15.9. The summed E-state index contributed by atoms with van der Waals surface area (Å²) in [7, 11) is 0. The fourth-order valence-electron chi connectivity index (χ4n) is 2.32. The van der Waals surface area contributed by atoms with E-state index in [0.717, 1.165) is 17.8 Å². The van der Waals surface area contributed by atoms with Gasteiger partial charge in [0.2, 0.25) is 0 Å². The maximum atomic E-state index is 11.8. The standard InChI is InChI=1S/C16H21NO4S/c1-3-20-15(18)12(16(19)21-4-2)10-17-14-9-11-7-5-6-8-13(11)22-14/h9-10,17H,3-8H2,1-2H3. The first kappa shape index (κ1) is 16.5. The van der Waals surface area contributed by atoms with Gasteiger partial charge in [0.25, 0.3) is 0 Å². The number of carbonyl (C=O) groups excluding carboxylic acids is 2. The Hall–Kier alpha value is -1.82. The summed E-state index contributed by atoms with van der Waals surface area (Å²) in [6.07, 6.45) is 6.02. The molecule has 0 aromatic carbocycles. The lowest BCUT2D eigenvalue weighted by atomic mass is 10.00. The monoisotopic (exact) mass is 323 g/mol. The second-order valence-electron chi connectivity index (χ2n) is 4.91. The molecule has 0 aliphatic heterocycles. The summed E-state index contributed by atoms with van der Waals surface area (Å²) < 4.78 is 9.79. The highest BCUT2D eigenvalue weighted by Crippen LogP contribution is 2.32. The molecule has 0 spiro atoms. The minimum atomic E-state index is -0.672. The summed E-state index contributed by atoms with van der Waals surface area (Å²) >= 11 is 1.67. The van der Waals surface area contributed by atoms with E-state index in [1.54, 1.807) is 25.2 Å². The fraction of sp³-hybridized carbons (Fsp3) is 0.500. The Morgan fingerprint density at radius 3 is 2.41 bits per heavy atom. The van der Waals surface area contributed by atoms with Gasteiger partial charge in [0, 0.05) is 11.1 Å². The average molecular weight is 323 g/mol. The molecule has 0 radical (unpaired) electrons. The molecule has 0 unspecified atom stereocenters. The van der Waals surface area contributed by atoms with Gasteiger partial charge in [-0.1, -0.05) is 0 Å². The van der Waals surface area contributed by atoms with Crippen LogP contribution in [0, 0.1) is 0 Å². The third-order valence-electron chi connectivity index (χ3n) is 3.35. The highest BCUT2D eigenvalue weighted by atomic mass is 32.1. The molecule has 1 aliphatic rings. The predicted octanol–water partition coefficient (Wildman–Crippen LogP) is 3.05. The number of ether oxygens (including phenoxy) is 2. The highest BCUT2D eigenvalue weighted by molar-refractivity contribution is 7.16. The van der Waals surface area contributed by atoms with E-state index in [1.807, 2.05) is 0 Å². The lowest BCUT2D eigenvalue weighted by Gasteiger charge is -2.08. The van der Waals surface area contributed by atoms with Crippen molar-refractivity contribution in [3.8, 4) is 0 Å². The van der Waals surface area contributed by atoms with E-state index < -0.39 is 11.9 Å². The lowest BCUT2D eigenvalue weighted by molar-refractivity contribution is -0.146. The van der Waals surface area contributed by atoms with Crippen LogP contribution in [0.15, 0.2) is 17.8 Å². The van der Waals surface area contributed by atoms with Crippen LogP contribution in [-0.4, -0.2) is 25.2 Å². The van der Waals surface area contributed by atoms with Crippen LogP contribution in [-0.2, 0) is 31.9 Å². The van der Waals surface area contributed by atoms with Gasteiger partial charge in [-0.25, -0.2) is 9.59 Å². The maximum absolute atomic E-state index is 11.8. The van der Waals surface area contributed by atoms with E-state index >= 15 is 0 Å². The molecule has 5 nitrogen and oxygen atoms in total. The van der Waals surface area contributed by atoms with Gasteiger partial charge in [-0.3, -0.25) is 0 Å². The highest BCUT2D eigenvalue weighted by Gasteiger charge is 2.21. The van der Waals surface area contributed by atoms with Gasteiger partial charge in [0.15, 0.2) is 5.57 Å². The van der Waals surface area contributed by atoms with Gasteiger partial charge >= 0.3 is 11.9 Å². The number of anilines is 1. The van der Waals surface area contributed by atoms with E-state index in [4.69, 9.17) is 9.47 Å². The molecule has 1 aromatic heterocycles. The second kappa shape index (κ2) is 7.98. The number of hydrogen-bond acceptors (Lipinski definition) is 6. The zero-order valence-electron chi connectivity index (χ0n) is 12.9. The van der Waals surface area contributed by atoms with Gasteiger partial charge in [-0.2, -0.15) is 0 Å². The molecular weight excluding hydrogens is 302 g/mol. The van der Waals surface area contributed by atoms with Crippen LogP contribution in [0.25, 0.3) is 0 Å².